The fourth-order valence-corrected chi connectivity index (χ4v) is 4.15. The summed E-state index contributed by atoms with van der Waals surface area (Å²) < 4.78 is 0. The molecule has 0 aliphatic carbocycles. The standard InChI is InChI=1S/C25H25N5/c1-30-14-10-18(11-15-30)20-6-8-25(28-17-20)29-23-9-13-27-24-16-19(5-7-21(23)24)22-4-2-3-12-26-22/h2-9,12-13,16-18H,10-11,14-15H2,1H3,(H,27,28,29). The Morgan fingerprint density at radius 3 is 2.57 bits per heavy atom. The summed E-state index contributed by atoms with van der Waals surface area (Å²) >= 11 is 0. The molecule has 0 atom stereocenters. The van der Waals surface area contributed by atoms with Crippen molar-refractivity contribution in [2.45, 2.75) is 18.8 Å². The minimum atomic E-state index is 0.620. The van der Waals surface area contributed by atoms with E-state index in [1.807, 2.05) is 42.9 Å². The molecule has 1 fully saturated rings. The maximum atomic E-state index is 4.69. The Kier molecular flexibility index (Phi) is 5.11. The number of fused-ring (bicyclic) bond motifs is 1. The molecule has 30 heavy (non-hydrogen) atoms. The third kappa shape index (κ3) is 3.89. The van der Waals surface area contributed by atoms with E-state index in [4.69, 9.17) is 0 Å². The molecule has 5 heteroatoms. The van der Waals surface area contributed by atoms with Crippen molar-refractivity contribution in [2.24, 2.45) is 0 Å². The van der Waals surface area contributed by atoms with Gasteiger partial charge in [0.25, 0.3) is 0 Å². The van der Waals surface area contributed by atoms with Crippen LogP contribution in [0.1, 0.15) is 24.3 Å². The van der Waals surface area contributed by atoms with Gasteiger partial charge in [-0.3, -0.25) is 9.97 Å². The van der Waals surface area contributed by atoms with Gasteiger partial charge in [0.15, 0.2) is 0 Å². The summed E-state index contributed by atoms with van der Waals surface area (Å²) in [7, 11) is 2.19. The van der Waals surface area contributed by atoms with Gasteiger partial charge < -0.3 is 10.2 Å². The number of likely N-dealkylation sites (tertiary alicyclic amines) is 1. The van der Waals surface area contributed by atoms with Gasteiger partial charge in [0.05, 0.1) is 16.9 Å². The zero-order valence-electron chi connectivity index (χ0n) is 17.1. The maximum absolute atomic E-state index is 4.69. The molecule has 0 bridgehead atoms. The van der Waals surface area contributed by atoms with Gasteiger partial charge in [0.1, 0.15) is 5.82 Å². The highest BCUT2D eigenvalue weighted by atomic mass is 15.1. The van der Waals surface area contributed by atoms with Crippen LogP contribution < -0.4 is 5.32 Å². The number of benzene rings is 1. The summed E-state index contributed by atoms with van der Waals surface area (Å²) in [5, 5.41) is 4.54. The first-order chi connectivity index (χ1) is 14.8. The van der Waals surface area contributed by atoms with Gasteiger partial charge in [-0.2, -0.15) is 0 Å². The second kappa shape index (κ2) is 8.20. The summed E-state index contributed by atoms with van der Waals surface area (Å²) in [4.78, 5) is 16.1. The summed E-state index contributed by atoms with van der Waals surface area (Å²) in [6.07, 6.45) is 8.09. The van der Waals surface area contributed by atoms with E-state index in [2.05, 4.69) is 62.5 Å². The molecule has 0 radical (unpaired) electrons. The largest absolute Gasteiger partial charge is 0.340 e. The zero-order chi connectivity index (χ0) is 20.3. The fraction of sp³-hybridized carbons (Fsp3) is 0.240. The van der Waals surface area contributed by atoms with Crippen LogP contribution in [0.2, 0.25) is 0 Å². The molecule has 0 unspecified atom stereocenters. The summed E-state index contributed by atoms with van der Waals surface area (Å²) in [6, 6.07) is 18.5. The van der Waals surface area contributed by atoms with Crippen molar-refractivity contribution in [3.05, 3.63) is 78.8 Å². The molecule has 1 aromatic carbocycles. The smallest absolute Gasteiger partial charge is 0.130 e. The predicted octanol–water partition coefficient (Wildman–Crippen LogP) is 5.24. The molecule has 3 aromatic heterocycles. The first-order valence-electron chi connectivity index (χ1n) is 10.5. The van der Waals surface area contributed by atoms with Gasteiger partial charge in [-0.05, 0) is 74.8 Å². The van der Waals surface area contributed by atoms with E-state index in [9.17, 15) is 0 Å². The van der Waals surface area contributed by atoms with Crippen LogP contribution in [0.25, 0.3) is 22.2 Å². The molecule has 5 nitrogen and oxygen atoms in total. The predicted molar refractivity (Wildman–Crippen MR) is 122 cm³/mol. The fourth-order valence-electron chi connectivity index (χ4n) is 4.15. The van der Waals surface area contributed by atoms with E-state index < -0.39 is 0 Å². The van der Waals surface area contributed by atoms with Gasteiger partial charge in [-0.1, -0.05) is 24.3 Å². The topological polar surface area (TPSA) is 53.9 Å². The number of rotatable bonds is 4. The van der Waals surface area contributed by atoms with Crippen molar-refractivity contribution >= 4 is 22.4 Å². The molecule has 1 aliphatic rings. The molecule has 150 valence electrons. The van der Waals surface area contributed by atoms with Crippen LogP contribution in [0.3, 0.4) is 0 Å². The van der Waals surface area contributed by atoms with Crippen LogP contribution in [-0.4, -0.2) is 40.0 Å². The number of hydrogen-bond acceptors (Lipinski definition) is 5. The number of piperidine rings is 1. The van der Waals surface area contributed by atoms with Gasteiger partial charge in [0.2, 0.25) is 0 Å². The summed E-state index contributed by atoms with van der Waals surface area (Å²) in [6.45, 7) is 2.32. The number of aromatic nitrogens is 3. The van der Waals surface area contributed by atoms with Crippen LogP contribution in [0.4, 0.5) is 11.5 Å². The molecule has 4 heterocycles. The van der Waals surface area contributed by atoms with Crippen molar-refractivity contribution in [3.63, 3.8) is 0 Å². The molecule has 1 aliphatic heterocycles. The van der Waals surface area contributed by atoms with Gasteiger partial charge in [-0.15, -0.1) is 0 Å². The number of nitrogens with one attached hydrogen (secondary N) is 1. The van der Waals surface area contributed by atoms with Crippen molar-refractivity contribution < 1.29 is 0 Å². The Morgan fingerprint density at radius 2 is 1.80 bits per heavy atom. The lowest BCUT2D eigenvalue weighted by Crippen LogP contribution is -2.29. The summed E-state index contributed by atoms with van der Waals surface area (Å²) in [5.74, 6) is 1.47. The van der Waals surface area contributed by atoms with Gasteiger partial charge >= 0.3 is 0 Å². The summed E-state index contributed by atoms with van der Waals surface area (Å²) in [5.41, 5.74) is 5.30. The first kappa shape index (κ1) is 18.7. The quantitative estimate of drug-likeness (QED) is 0.512. The number of nitrogens with zero attached hydrogens (tertiary/aromatic N) is 4. The first-order valence-corrected chi connectivity index (χ1v) is 10.5. The molecule has 4 aromatic rings. The molecule has 0 amide bonds. The SMILES string of the molecule is CN1CCC(c2ccc(Nc3ccnc4cc(-c5ccccn5)ccc34)nc2)CC1. The molecule has 0 spiro atoms. The monoisotopic (exact) mass is 395 g/mol. The average Bonchev–Trinajstić information content (AvgIpc) is 2.81. The number of pyridine rings is 3. The third-order valence-electron chi connectivity index (χ3n) is 5.94. The lowest BCUT2D eigenvalue weighted by Gasteiger charge is -2.29. The van der Waals surface area contributed by atoms with E-state index in [1.54, 1.807) is 0 Å². The van der Waals surface area contributed by atoms with Crippen molar-refractivity contribution in [2.75, 3.05) is 25.5 Å². The van der Waals surface area contributed by atoms with Crippen LogP contribution in [0.5, 0.6) is 0 Å². The molecule has 0 saturated carbocycles. The highest BCUT2D eigenvalue weighted by Gasteiger charge is 2.18. The highest BCUT2D eigenvalue weighted by molar-refractivity contribution is 5.94. The Morgan fingerprint density at radius 1 is 0.900 bits per heavy atom. The number of anilines is 2. The molecule has 1 N–H and O–H groups in total. The minimum Gasteiger partial charge on any atom is -0.340 e. The average molecular weight is 396 g/mol. The molecular formula is C25H25N5. The molecule has 1 saturated heterocycles. The van der Waals surface area contributed by atoms with E-state index in [-0.39, 0.29) is 0 Å². The number of hydrogen-bond donors (Lipinski definition) is 1. The van der Waals surface area contributed by atoms with E-state index in [0.717, 1.165) is 46.8 Å². The highest BCUT2D eigenvalue weighted by Crippen LogP contribution is 2.30. The van der Waals surface area contributed by atoms with Crippen LogP contribution in [0.15, 0.2) is 73.2 Å². The van der Waals surface area contributed by atoms with E-state index in [0.29, 0.717) is 5.92 Å². The van der Waals surface area contributed by atoms with E-state index in [1.165, 1.54) is 18.4 Å². The molecular weight excluding hydrogens is 370 g/mol. The maximum Gasteiger partial charge on any atom is 0.130 e. The molecule has 5 rings (SSSR count). The van der Waals surface area contributed by atoms with Crippen LogP contribution >= 0.6 is 0 Å². The third-order valence-corrected chi connectivity index (χ3v) is 5.94. The van der Waals surface area contributed by atoms with Crippen molar-refractivity contribution in [3.8, 4) is 11.3 Å². The Bertz CT molecular complexity index is 1130. The van der Waals surface area contributed by atoms with Gasteiger partial charge in [-0.25, -0.2) is 4.98 Å². The van der Waals surface area contributed by atoms with Crippen molar-refractivity contribution in [1.29, 1.82) is 0 Å². The van der Waals surface area contributed by atoms with Gasteiger partial charge in [0, 0.05) is 29.5 Å². The Labute approximate surface area is 176 Å². The zero-order valence-corrected chi connectivity index (χ0v) is 17.1. The Balaban J connectivity index is 1.37. The normalized spacial score (nSPS) is 15.4. The van der Waals surface area contributed by atoms with Crippen LogP contribution in [0, 0.1) is 0 Å². The van der Waals surface area contributed by atoms with Crippen molar-refractivity contribution in [1.82, 2.24) is 19.9 Å². The lowest BCUT2D eigenvalue weighted by atomic mass is 9.91. The lowest BCUT2D eigenvalue weighted by molar-refractivity contribution is 0.255. The minimum absolute atomic E-state index is 0.620. The second-order valence-corrected chi connectivity index (χ2v) is 7.98. The van der Waals surface area contributed by atoms with E-state index >= 15 is 0 Å². The van der Waals surface area contributed by atoms with Crippen LogP contribution in [-0.2, 0) is 0 Å². The Hall–Kier alpha value is -3.31. The second-order valence-electron chi connectivity index (χ2n) is 7.98.